The summed E-state index contributed by atoms with van der Waals surface area (Å²) in [4.78, 5) is 0. The molecule has 0 bridgehead atoms. The molecular formula is C19H23NO. The molecule has 0 spiro atoms. The lowest BCUT2D eigenvalue weighted by Gasteiger charge is -2.49. The third kappa shape index (κ3) is 2.68. The van der Waals surface area contributed by atoms with Crippen molar-refractivity contribution in [2.45, 2.75) is 24.2 Å². The van der Waals surface area contributed by atoms with Crippen molar-refractivity contribution < 1.29 is 4.74 Å². The third-order valence-corrected chi connectivity index (χ3v) is 4.74. The molecule has 0 radical (unpaired) electrons. The molecule has 3 rings (SSSR count). The molecule has 21 heavy (non-hydrogen) atoms. The van der Waals surface area contributed by atoms with E-state index in [2.05, 4.69) is 53.8 Å². The standard InChI is InChI=1S/C19H23NO/c1-20-14-19(17-9-6-10-18(11-17)21-2)12-16(13-19)15-7-4-3-5-8-15/h3-11,16,20H,12-14H2,1-2H3. The topological polar surface area (TPSA) is 21.3 Å². The highest BCUT2D eigenvalue weighted by Gasteiger charge is 2.45. The highest BCUT2D eigenvalue weighted by Crippen LogP contribution is 2.52. The molecule has 1 aliphatic carbocycles. The fourth-order valence-corrected chi connectivity index (χ4v) is 3.62. The first-order valence-electron chi connectivity index (χ1n) is 7.61. The van der Waals surface area contributed by atoms with Gasteiger partial charge in [-0.2, -0.15) is 0 Å². The van der Waals surface area contributed by atoms with Gasteiger partial charge < -0.3 is 10.1 Å². The lowest BCUT2D eigenvalue weighted by atomic mass is 9.57. The van der Waals surface area contributed by atoms with Crippen molar-refractivity contribution in [3.05, 3.63) is 65.7 Å². The maximum atomic E-state index is 5.39. The number of nitrogens with one attached hydrogen (secondary N) is 1. The van der Waals surface area contributed by atoms with Crippen molar-refractivity contribution >= 4 is 0 Å². The van der Waals surface area contributed by atoms with Crippen LogP contribution in [0.5, 0.6) is 5.75 Å². The summed E-state index contributed by atoms with van der Waals surface area (Å²) in [6.45, 7) is 1.02. The second-order valence-electron chi connectivity index (χ2n) is 6.06. The van der Waals surface area contributed by atoms with E-state index in [0.29, 0.717) is 5.92 Å². The second kappa shape index (κ2) is 5.90. The molecule has 110 valence electrons. The van der Waals surface area contributed by atoms with Gasteiger partial charge in [0.2, 0.25) is 0 Å². The Hall–Kier alpha value is -1.80. The Kier molecular flexibility index (Phi) is 3.98. The monoisotopic (exact) mass is 281 g/mol. The van der Waals surface area contributed by atoms with E-state index in [1.165, 1.54) is 24.0 Å². The fourth-order valence-electron chi connectivity index (χ4n) is 3.62. The Morgan fingerprint density at radius 2 is 1.86 bits per heavy atom. The van der Waals surface area contributed by atoms with Crippen molar-refractivity contribution in [2.24, 2.45) is 0 Å². The molecule has 0 atom stereocenters. The summed E-state index contributed by atoms with van der Waals surface area (Å²) in [6.07, 6.45) is 2.40. The van der Waals surface area contributed by atoms with Gasteiger partial charge in [0.25, 0.3) is 0 Å². The molecule has 2 nitrogen and oxygen atoms in total. The minimum atomic E-state index is 0.240. The van der Waals surface area contributed by atoms with Gasteiger partial charge in [-0.1, -0.05) is 42.5 Å². The van der Waals surface area contributed by atoms with Gasteiger partial charge in [-0.05, 0) is 49.1 Å². The van der Waals surface area contributed by atoms with Crippen LogP contribution in [0.3, 0.4) is 0 Å². The fraction of sp³-hybridized carbons (Fsp3) is 0.368. The molecule has 1 saturated carbocycles. The van der Waals surface area contributed by atoms with Crippen molar-refractivity contribution in [1.82, 2.24) is 5.32 Å². The van der Waals surface area contributed by atoms with Crippen molar-refractivity contribution in [2.75, 3.05) is 20.7 Å². The van der Waals surface area contributed by atoms with E-state index < -0.39 is 0 Å². The normalized spacial score (nSPS) is 24.4. The van der Waals surface area contributed by atoms with E-state index in [1.54, 1.807) is 7.11 Å². The Balaban J connectivity index is 1.83. The summed E-state index contributed by atoms with van der Waals surface area (Å²) in [7, 11) is 3.77. The van der Waals surface area contributed by atoms with E-state index in [1.807, 2.05) is 13.1 Å². The number of methoxy groups -OCH3 is 1. The zero-order valence-corrected chi connectivity index (χ0v) is 12.8. The van der Waals surface area contributed by atoms with Gasteiger partial charge in [-0.3, -0.25) is 0 Å². The van der Waals surface area contributed by atoms with Gasteiger partial charge in [0.1, 0.15) is 5.75 Å². The molecule has 1 N–H and O–H groups in total. The molecule has 0 heterocycles. The first kappa shape index (κ1) is 14.2. The molecule has 0 saturated heterocycles. The molecule has 0 aromatic heterocycles. The molecule has 0 amide bonds. The van der Waals surface area contributed by atoms with Crippen LogP contribution in [-0.2, 0) is 5.41 Å². The van der Waals surface area contributed by atoms with Gasteiger partial charge >= 0.3 is 0 Å². The summed E-state index contributed by atoms with van der Waals surface area (Å²) in [5.41, 5.74) is 3.10. The number of benzene rings is 2. The van der Waals surface area contributed by atoms with E-state index in [9.17, 15) is 0 Å². The van der Waals surface area contributed by atoms with Gasteiger partial charge in [-0.15, -0.1) is 0 Å². The molecule has 0 unspecified atom stereocenters. The number of hydrogen-bond acceptors (Lipinski definition) is 2. The summed E-state index contributed by atoms with van der Waals surface area (Å²) in [6, 6.07) is 19.4. The van der Waals surface area contributed by atoms with Gasteiger partial charge in [0.05, 0.1) is 7.11 Å². The Bertz CT molecular complexity index is 588. The van der Waals surface area contributed by atoms with E-state index in [4.69, 9.17) is 4.74 Å². The predicted molar refractivity (Wildman–Crippen MR) is 87.0 cm³/mol. The van der Waals surface area contributed by atoms with Crippen LogP contribution in [0.1, 0.15) is 29.9 Å². The van der Waals surface area contributed by atoms with Crippen molar-refractivity contribution in [3.8, 4) is 5.75 Å². The molecular weight excluding hydrogens is 258 g/mol. The number of rotatable bonds is 5. The van der Waals surface area contributed by atoms with E-state index in [0.717, 1.165) is 12.3 Å². The quantitative estimate of drug-likeness (QED) is 0.901. The Morgan fingerprint density at radius 3 is 2.52 bits per heavy atom. The van der Waals surface area contributed by atoms with Crippen LogP contribution < -0.4 is 10.1 Å². The molecule has 1 aliphatic rings. The molecule has 0 aliphatic heterocycles. The highest BCUT2D eigenvalue weighted by atomic mass is 16.5. The first-order chi connectivity index (χ1) is 10.3. The van der Waals surface area contributed by atoms with Gasteiger partial charge in [0.15, 0.2) is 0 Å². The van der Waals surface area contributed by atoms with Crippen molar-refractivity contribution in [1.29, 1.82) is 0 Å². The Labute approximate surface area is 127 Å². The average Bonchev–Trinajstić information content (AvgIpc) is 2.51. The van der Waals surface area contributed by atoms with Crippen LogP contribution >= 0.6 is 0 Å². The van der Waals surface area contributed by atoms with Crippen molar-refractivity contribution in [3.63, 3.8) is 0 Å². The molecule has 2 aromatic carbocycles. The number of ether oxygens (including phenoxy) is 1. The van der Waals surface area contributed by atoms with Crippen LogP contribution in [0.2, 0.25) is 0 Å². The SMILES string of the molecule is CNCC1(c2cccc(OC)c2)CC(c2ccccc2)C1. The smallest absolute Gasteiger partial charge is 0.119 e. The first-order valence-corrected chi connectivity index (χ1v) is 7.61. The predicted octanol–water partition coefficient (Wildman–Crippen LogP) is 3.73. The Morgan fingerprint density at radius 1 is 1.10 bits per heavy atom. The highest BCUT2D eigenvalue weighted by molar-refractivity contribution is 5.39. The summed E-state index contributed by atoms with van der Waals surface area (Å²) >= 11 is 0. The van der Waals surface area contributed by atoms with Crippen LogP contribution in [0, 0.1) is 0 Å². The zero-order valence-electron chi connectivity index (χ0n) is 12.8. The largest absolute Gasteiger partial charge is 0.497 e. The molecule has 2 heteroatoms. The molecule has 1 fully saturated rings. The van der Waals surface area contributed by atoms with Crippen LogP contribution in [0.15, 0.2) is 54.6 Å². The number of hydrogen-bond donors (Lipinski definition) is 1. The lowest BCUT2D eigenvalue weighted by Crippen LogP contribution is -2.46. The van der Waals surface area contributed by atoms with Crippen LogP contribution in [-0.4, -0.2) is 20.7 Å². The minimum Gasteiger partial charge on any atom is -0.497 e. The maximum absolute atomic E-state index is 5.39. The van der Waals surface area contributed by atoms with Crippen LogP contribution in [0.25, 0.3) is 0 Å². The average molecular weight is 281 g/mol. The summed E-state index contributed by atoms with van der Waals surface area (Å²) in [5.74, 6) is 1.62. The van der Waals surface area contributed by atoms with E-state index in [-0.39, 0.29) is 5.41 Å². The molecule has 2 aromatic rings. The van der Waals surface area contributed by atoms with Gasteiger partial charge in [0, 0.05) is 12.0 Å². The lowest BCUT2D eigenvalue weighted by molar-refractivity contribution is 0.197. The maximum Gasteiger partial charge on any atom is 0.119 e. The van der Waals surface area contributed by atoms with E-state index >= 15 is 0 Å². The second-order valence-corrected chi connectivity index (χ2v) is 6.06. The third-order valence-electron chi connectivity index (χ3n) is 4.74. The zero-order chi connectivity index (χ0) is 14.7. The summed E-state index contributed by atoms with van der Waals surface area (Å²) < 4.78 is 5.39. The summed E-state index contributed by atoms with van der Waals surface area (Å²) in [5, 5.41) is 3.38. The van der Waals surface area contributed by atoms with Gasteiger partial charge in [-0.25, -0.2) is 0 Å². The number of likely N-dealkylation sites (N-methyl/N-ethyl adjacent to an activating group) is 1. The van der Waals surface area contributed by atoms with Crippen LogP contribution in [0.4, 0.5) is 0 Å². The minimum absolute atomic E-state index is 0.240.